The first-order valence-electron chi connectivity index (χ1n) is 21.6. The van der Waals surface area contributed by atoms with Crippen LogP contribution in [0.1, 0.15) is 45.0 Å². The monoisotopic (exact) mass is 1000 g/mol. The highest BCUT2D eigenvalue weighted by Gasteiger charge is 2.33. The Hall–Kier alpha value is -6.58. The average Bonchev–Trinajstić information content (AvgIpc) is 4.23. The molecule has 2 atom stereocenters. The van der Waals surface area contributed by atoms with E-state index >= 15 is 0 Å². The molecule has 7 heterocycles. The Morgan fingerprint density at radius 2 is 1.25 bits per heavy atom. The molecule has 0 bridgehead atoms. The van der Waals surface area contributed by atoms with Gasteiger partial charge in [-0.05, 0) is 85.6 Å². The highest BCUT2D eigenvalue weighted by Crippen LogP contribution is 2.29. The van der Waals surface area contributed by atoms with Gasteiger partial charge < -0.3 is 25.0 Å². The van der Waals surface area contributed by atoms with E-state index in [2.05, 4.69) is 25.5 Å². The largest absolute Gasteiger partial charge is 0.444 e. The Kier molecular flexibility index (Phi) is 17.4. The molecule has 0 unspecified atom stereocenters. The molecule has 1 amide bonds. The predicted molar refractivity (Wildman–Crippen MR) is 268 cm³/mol. The van der Waals surface area contributed by atoms with E-state index < -0.39 is 6.10 Å². The molecule has 1 fully saturated rings. The number of ether oxygens (including phenoxy) is 1. The first kappa shape index (κ1) is 49.3. The van der Waals surface area contributed by atoms with E-state index in [1.165, 1.54) is 44.5 Å². The number of Topliss-reactive ketones (excluding diaryl/α,β-unsaturated/α-hetero) is 2. The third kappa shape index (κ3) is 14.0. The third-order valence-electron chi connectivity index (χ3n) is 10.7. The summed E-state index contributed by atoms with van der Waals surface area (Å²) >= 11 is 14.3. The normalized spacial score (nSPS) is 15.9. The minimum atomic E-state index is -0.591. The van der Waals surface area contributed by atoms with Crippen molar-refractivity contribution in [1.82, 2.24) is 28.9 Å². The number of hydrazone groups is 2. The molecule has 4 aromatic heterocycles. The van der Waals surface area contributed by atoms with Crippen molar-refractivity contribution in [2.45, 2.75) is 37.9 Å². The van der Waals surface area contributed by atoms with E-state index in [1.807, 2.05) is 88.8 Å². The van der Waals surface area contributed by atoms with Crippen molar-refractivity contribution in [1.29, 1.82) is 0 Å². The number of rotatable bonds is 14. The van der Waals surface area contributed by atoms with Crippen LogP contribution < -0.4 is 20.2 Å². The van der Waals surface area contributed by atoms with Gasteiger partial charge in [0.25, 0.3) is 0 Å². The summed E-state index contributed by atoms with van der Waals surface area (Å²) in [4.78, 5) is 62.5. The summed E-state index contributed by atoms with van der Waals surface area (Å²) in [5, 5.41) is 26.0. The molecule has 9 rings (SSSR count). The van der Waals surface area contributed by atoms with Crippen molar-refractivity contribution < 1.29 is 29.0 Å². The molecular formula is C46H50Cl2N12O6S2. The molecule has 18 nitrogen and oxygen atoms in total. The second-order valence-corrected chi connectivity index (χ2v) is 19.2. The van der Waals surface area contributed by atoms with Gasteiger partial charge in [-0.3, -0.25) is 33.6 Å². The number of thiophene rings is 2. The van der Waals surface area contributed by atoms with Gasteiger partial charge in [0.05, 0.1) is 55.5 Å². The molecule has 3 aliphatic heterocycles. The van der Waals surface area contributed by atoms with E-state index in [0.29, 0.717) is 57.2 Å². The Balaban J connectivity index is 0.000000163. The molecule has 3 aliphatic rings. The number of cyclic esters (lactones) is 1. The number of imidazole rings is 2. The highest BCUT2D eigenvalue weighted by atomic mass is 35.5. The summed E-state index contributed by atoms with van der Waals surface area (Å²) in [5.41, 5.74) is 3.70. The molecule has 1 saturated heterocycles. The van der Waals surface area contributed by atoms with Gasteiger partial charge in [0, 0.05) is 82.7 Å². The molecule has 2 aromatic carbocycles. The van der Waals surface area contributed by atoms with Gasteiger partial charge in [-0.1, -0.05) is 23.2 Å². The fourth-order valence-electron chi connectivity index (χ4n) is 6.85. The van der Waals surface area contributed by atoms with Crippen molar-refractivity contribution in [2.24, 2.45) is 10.2 Å². The minimum Gasteiger partial charge on any atom is -0.444 e. The molecule has 0 spiro atoms. The number of aliphatic hydroxyl groups excluding tert-OH is 1. The topological polar surface area (TPSA) is 186 Å². The standard InChI is InChI=1S/C20H21ClN4O3S.C19H23ClN4O2S.C7H6N4O/c1-23-10-11-25(22-13-23)15-4-2-14(3-5-15)24-12-16(28-20(24)27)6-7-17(26)18-8-9-19(21)29-18;1-23-10-11-24(22-13-23)15-4-2-14(3-5-15)21-12-16(25)6-7-17(26)18-8-9-19(20)27-18;12-7(10-3-1-8-5-10)11-4-2-9-6-11/h2-5,8-9,13,16H,6-7,10-12H2,1H3;2-5,8-9,13,16,21,25H,6-7,10-12H2,1H3;1-6H/t2*16-;/m00./s1. The van der Waals surface area contributed by atoms with Gasteiger partial charge in [-0.2, -0.15) is 10.2 Å². The van der Waals surface area contributed by atoms with Gasteiger partial charge in [0.1, 0.15) is 31.4 Å². The van der Waals surface area contributed by atoms with E-state index in [0.717, 1.165) is 48.9 Å². The van der Waals surface area contributed by atoms with Gasteiger partial charge in [0.2, 0.25) is 0 Å². The van der Waals surface area contributed by atoms with Gasteiger partial charge in [0.15, 0.2) is 11.6 Å². The predicted octanol–water partition coefficient (Wildman–Crippen LogP) is 8.21. The lowest BCUT2D eigenvalue weighted by Gasteiger charge is -2.27. The van der Waals surface area contributed by atoms with Crippen LogP contribution in [0, 0.1) is 0 Å². The number of aliphatic hydroxyl groups is 1. The molecule has 0 radical (unpaired) electrons. The summed E-state index contributed by atoms with van der Waals surface area (Å²) in [6, 6.07) is 22.3. The number of aromatic nitrogens is 4. The number of anilines is 4. The van der Waals surface area contributed by atoms with Crippen LogP contribution in [-0.2, 0) is 4.74 Å². The molecule has 356 valence electrons. The quantitative estimate of drug-likeness (QED) is 0.0996. The Labute approximate surface area is 411 Å². The lowest BCUT2D eigenvalue weighted by molar-refractivity contribution is 0.0941. The van der Waals surface area contributed by atoms with Crippen LogP contribution in [0.5, 0.6) is 0 Å². The summed E-state index contributed by atoms with van der Waals surface area (Å²) in [6.07, 6.45) is 13.0. The number of ketones is 2. The number of carbonyl (C=O) groups excluding carboxylic acids is 4. The van der Waals surface area contributed by atoms with Crippen molar-refractivity contribution in [3.05, 3.63) is 129 Å². The zero-order chi connectivity index (χ0) is 48.0. The smallest absolute Gasteiger partial charge is 0.414 e. The number of nitrogens with one attached hydrogen (secondary N) is 1. The van der Waals surface area contributed by atoms with Gasteiger partial charge in [-0.25, -0.2) is 19.6 Å². The zero-order valence-electron chi connectivity index (χ0n) is 37.3. The molecule has 0 aliphatic carbocycles. The lowest BCUT2D eigenvalue weighted by atomic mass is 10.1. The number of hydrogen-bond donors (Lipinski definition) is 2. The number of nitrogens with zero attached hydrogens (tertiary/aromatic N) is 11. The van der Waals surface area contributed by atoms with E-state index in [9.17, 15) is 24.3 Å². The zero-order valence-corrected chi connectivity index (χ0v) is 40.4. The maximum Gasteiger partial charge on any atom is 0.414 e. The van der Waals surface area contributed by atoms with Crippen molar-refractivity contribution in [2.75, 3.05) is 73.6 Å². The maximum absolute atomic E-state index is 12.3. The number of halogens is 2. The maximum atomic E-state index is 12.3. The number of benzene rings is 2. The summed E-state index contributed by atoms with van der Waals surface area (Å²) in [6.45, 7) is 4.33. The fraction of sp³-hybridized carbons (Fsp3) is 0.304. The third-order valence-corrected chi connectivity index (χ3v) is 13.2. The van der Waals surface area contributed by atoms with Crippen molar-refractivity contribution in [3.63, 3.8) is 0 Å². The van der Waals surface area contributed by atoms with Crippen LogP contribution >= 0.6 is 45.9 Å². The number of amides is 1. The first-order valence-corrected chi connectivity index (χ1v) is 24.0. The highest BCUT2D eigenvalue weighted by molar-refractivity contribution is 7.18. The van der Waals surface area contributed by atoms with Crippen LogP contribution in [0.4, 0.5) is 32.3 Å². The first-order chi connectivity index (χ1) is 32.9. The van der Waals surface area contributed by atoms with Crippen molar-refractivity contribution >= 4 is 105 Å². The van der Waals surface area contributed by atoms with E-state index in [-0.39, 0.29) is 29.8 Å². The fourth-order valence-corrected chi connectivity index (χ4v) is 8.87. The van der Waals surface area contributed by atoms with Crippen LogP contribution in [0.25, 0.3) is 0 Å². The Morgan fingerprint density at radius 3 is 1.72 bits per heavy atom. The van der Waals surface area contributed by atoms with Crippen LogP contribution in [0.2, 0.25) is 8.67 Å². The average molecular weight is 1000 g/mol. The molecule has 22 heteroatoms. The summed E-state index contributed by atoms with van der Waals surface area (Å²) in [7, 11) is 3.99. The molecular weight excluding hydrogens is 952 g/mol. The van der Waals surface area contributed by atoms with Gasteiger partial charge >= 0.3 is 12.1 Å². The lowest BCUT2D eigenvalue weighted by Crippen LogP contribution is -2.35. The summed E-state index contributed by atoms with van der Waals surface area (Å²) < 4.78 is 9.40. The van der Waals surface area contributed by atoms with Crippen molar-refractivity contribution in [3.8, 4) is 0 Å². The van der Waals surface area contributed by atoms with Crippen LogP contribution in [-0.4, -0.2) is 136 Å². The van der Waals surface area contributed by atoms with E-state index in [4.69, 9.17) is 27.9 Å². The number of carbonyl (C=O) groups is 4. The number of hydrogen-bond acceptors (Lipinski definition) is 17. The van der Waals surface area contributed by atoms with Crippen LogP contribution in [0.15, 0.2) is 120 Å². The SMILES string of the molecule is CN1C=NN(c2ccc(N3C[C@H](CCC(=O)c4ccc(Cl)s4)OC3=O)cc2)CC1.CN1C=NN(c2ccc(NC[C@@H](O)CCC(=O)c3ccc(Cl)s3)cc2)CC1.O=C(n1ccnc1)n1ccnc1. The second-order valence-electron chi connectivity index (χ2n) is 15.7. The van der Waals surface area contributed by atoms with E-state index in [1.54, 1.807) is 60.3 Å². The van der Waals surface area contributed by atoms with Crippen LogP contribution in [0.3, 0.4) is 0 Å². The van der Waals surface area contributed by atoms with Gasteiger partial charge in [-0.15, -0.1) is 22.7 Å². The minimum absolute atomic E-state index is 0.0167. The Bertz CT molecular complexity index is 2610. The number of likely N-dealkylation sites (N-methyl/N-ethyl adjacent to an activating group) is 2. The molecule has 2 N–H and O–H groups in total. The molecule has 68 heavy (non-hydrogen) atoms. The Morgan fingerprint density at radius 1 is 0.735 bits per heavy atom. The molecule has 0 saturated carbocycles. The summed E-state index contributed by atoms with van der Waals surface area (Å²) in [5.74, 6) is 0.0384. The molecule has 6 aromatic rings. The second kappa shape index (κ2) is 23.9.